The van der Waals surface area contributed by atoms with Gasteiger partial charge in [0, 0.05) is 0 Å². The summed E-state index contributed by atoms with van der Waals surface area (Å²) < 4.78 is 13.7. The van der Waals surface area contributed by atoms with E-state index in [4.69, 9.17) is 10.5 Å². The zero-order chi connectivity index (χ0) is 12.3. The molecule has 0 saturated heterocycles. The van der Waals surface area contributed by atoms with E-state index in [2.05, 4.69) is 8.75 Å². The Labute approximate surface area is 105 Å². The van der Waals surface area contributed by atoms with E-state index in [-0.39, 0.29) is 12.1 Å². The van der Waals surface area contributed by atoms with Crippen molar-refractivity contribution in [3.8, 4) is 5.75 Å². The van der Waals surface area contributed by atoms with Crippen LogP contribution in [0.2, 0.25) is 0 Å². The van der Waals surface area contributed by atoms with Crippen molar-refractivity contribution < 1.29 is 4.74 Å². The smallest absolute Gasteiger partial charge is 0.119 e. The molecule has 0 amide bonds. The maximum absolute atomic E-state index is 6.08. The van der Waals surface area contributed by atoms with Crippen molar-refractivity contribution in [2.75, 3.05) is 0 Å². The van der Waals surface area contributed by atoms with Gasteiger partial charge in [0.25, 0.3) is 0 Å². The maximum Gasteiger partial charge on any atom is 0.119 e. The number of hydrogen-bond acceptors (Lipinski definition) is 5. The second kappa shape index (κ2) is 5.25. The van der Waals surface area contributed by atoms with Crippen LogP contribution in [0.3, 0.4) is 0 Å². The van der Waals surface area contributed by atoms with Crippen LogP contribution >= 0.6 is 11.7 Å². The number of hydrogen-bond donors (Lipinski definition) is 1. The Bertz CT molecular complexity index is 453. The summed E-state index contributed by atoms with van der Waals surface area (Å²) in [7, 11) is 0. The summed E-state index contributed by atoms with van der Waals surface area (Å²) in [5, 5.41) is 0. The number of nitrogens with zero attached hydrogens (tertiary/aromatic N) is 2. The minimum Gasteiger partial charge on any atom is -0.491 e. The third-order valence-corrected chi connectivity index (χ3v) is 2.80. The Morgan fingerprint density at radius 2 is 1.94 bits per heavy atom. The monoisotopic (exact) mass is 249 g/mol. The molecule has 90 valence electrons. The van der Waals surface area contributed by atoms with Crippen LogP contribution in [-0.4, -0.2) is 14.9 Å². The van der Waals surface area contributed by atoms with Gasteiger partial charge in [-0.2, -0.15) is 8.75 Å². The van der Waals surface area contributed by atoms with Gasteiger partial charge in [-0.05, 0) is 31.5 Å². The van der Waals surface area contributed by atoms with Crippen molar-refractivity contribution >= 4 is 11.7 Å². The Morgan fingerprint density at radius 1 is 1.24 bits per heavy atom. The van der Waals surface area contributed by atoms with Crippen molar-refractivity contribution in [2.24, 2.45) is 5.73 Å². The Hall–Kier alpha value is -1.46. The molecule has 1 unspecified atom stereocenters. The van der Waals surface area contributed by atoms with E-state index >= 15 is 0 Å². The van der Waals surface area contributed by atoms with Gasteiger partial charge in [0.2, 0.25) is 0 Å². The van der Waals surface area contributed by atoms with E-state index in [1.807, 2.05) is 38.1 Å². The Balaban J connectivity index is 2.12. The molecule has 0 aliphatic carbocycles. The third kappa shape index (κ3) is 3.01. The molecule has 1 aromatic carbocycles. The highest BCUT2D eigenvalue weighted by Crippen LogP contribution is 2.21. The fourth-order valence-corrected chi connectivity index (χ4v) is 1.96. The minimum absolute atomic E-state index is 0.178. The second-order valence-electron chi connectivity index (χ2n) is 4.05. The van der Waals surface area contributed by atoms with Crippen LogP contribution in [0.15, 0.2) is 30.5 Å². The van der Waals surface area contributed by atoms with Gasteiger partial charge in [0.15, 0.2) is 0 Å². The van der Waals surface area contributed by atoms with Gasteiger partial charge in [-0.25, -0.2) is 0 Å². The second-order valence-corrected chi connectivity index (χ2v) is 4.60. The molecule has 1 aromatic heterocycles. The van der Waals surface area contributed by atoms with Crippen LogP contribution in [0.1, 0.15) is 31.1 Å². The average Bonchev–Trinajstić information content (AvgIpc) is 2.82. The van der Waals surface area contributed by atoms with E-state index in [9.17, 15) is 0 Å². The van der Waals surface area contributed by atoms with Gasteiger partial charge in [0.05, 0.1) is 35.8 Å². The van der Waals surface area contributed by atoms with Crippen molar-refractivity contribution in [2.45, 2.75) is 26.0 Å². The molecule has 2 aromatic rings. The zero-order valence-corrected chi connectivity index (χ0v) is 10.6. The molecular formula is C12H15N3OS. The summed E-state index contributed by atoms with van der Waals surface area (Å²) in [5.74, 6) is 0.854. The molecule has 4 nitrogen and oxygen atoms in total. The largest absolute Gasteiger partial charge is 0.491 e. The van der Waals surface area contributed by atoms with E-state index < -0.39 is 0 Å². The molecule has 0 aliphatic heterocycles. The molecule has 17 heavy (non-hydrogen) atoms. The lowest BCUT2D eigenvalue weighted by Gasteiger charge is -2.12. The first-order chi connectivity index (χ1) is 8.16. The van der Waals surface area contributed by atoms with E-state index in [1.54, 1.807) is 6.20 Å². The SMILES string of the molecule is CC(C)Oc1ccc(C(N)c2cnsn2)cc1. The van der Waals surface area contributed by atoms with Gasteiger partial charge in [-0.3, -0.25) is 0 Å². The summed E-state index contributed by atoms with van der Waals surface area (Å²) in [6.07, 6.45) is 1.88. The molecule has 1 atom stereocenters. The quantitative estimate of drug-likeness (QED) is 0.903. The summed E-state index contributed by atoms with van der Waals surface area (Å²) in [4.78, 5) is 0. The molecule has 5 heteroatoms. The normalized spacial score (nSPS) is 12.7. The van der Waals surface area contributed by atoms with E-state index in [1.165, 1.54) is 11.7 Å². The average molecular weight is 249 g/mol. The van der Waals surface area contributed by atoms with E-state index in [0.29, 0.717) is 0 Å². The lowest BCUT2D eigenvalue weighted by Crippen LogP contribution is -2.12. The molecule has 0 bridgehead atoms. The molecule has 0 aliphatic rings. The first kappa shape index (κ1) is 12.0. The number of ether oxygens (including phenoxy) is 1. The van der Waals surface area contributed by atoms with Crippen LogP contribution in [0.4, 0.5) is 0 Å². The van der Waals surface area contributed by atoms with Crippen molar-refractivity contribution in [1.82, 2.24) is 8.75 Å². The highest BCUT2D eigenvalue weighted by molar-refractivity contribution is 6.99. The molecular weight excluding hydrogens is 234 g/mol. The topological polar surface area (TPSA) is 61.0 Å². The molecule has 0 spiro atoms. The lowest BCUT2D eigenvalue weighted by molar-refractivity contribution is 0.242. The van der Waals surface area contributed by atoms with Crippen molar-refractivity contribution in [1.29, 1.82) is 0 Å². The lowest BCUT2D eigenvalue weighted by atomic mass is 10.1. The van der Waals surface area contributed by atoms with Crippen LogP contribution in [0.25, 0.3) is 0 Å². The Kier molecular flexibility index (Phi) is 3.71. The number of benzene rings is 1. The van der Waals surface area contributed by atoms with Gasteiger partial charge < -0.3 is 10.5 Å². The minimum atomic E-state index is -0.221. The van der Waals surface area contributed by atoms with Gasteiger partial charge in [0.1, 0.15) is 5.75 Å². The molecule has 0 fully saturated rings. The van der Waals surface area contributed by atoms with Crippen LogP contribution in [-0.2, 0) is 0 Å². The third-order valence-electron chi connectivity index (χ3n) is 2.31. The number of aromatic nitrogens is 2. The predicted octanol–water partition coefficient (Wildman–Crippen LogP) is 2.37. The van der Waals surface area contributed by atoms with Crippen molar-refractivity contribution in [3.05, 3.63) is 41.7 Å². The molecule has 0 radical (unpaired) electrons. The van der Waals surface area contributed by atoms with Gasteiger partial charge >= 0.3 is 0 Å². The van der Waals surface area contributed by atoms with Gasteiger partial charge in [-0.15, -0.1) is 0 Å². The summed E-state index contributed by atoms with van der Waals surface area (Å²) in [6, 6.07) is 7.55. The number of nitrogens with two attached hydrogens (primary N) is 1. The summed E-state index contributed by atoms with van der Waals surface area (Å²) >= 11 is 1.17. The summed E-state index contributed by atoms with van der Waals surface area (Å²) in [6.45, 7) is 4.00. The molecule has 0 saturated carbocycles. The highest BCUT2D eigenvalue weighted by Gasteiger charge is 2.11. The van der Waals surface area contributed by atoms with E-state index in [0.717, 1.165) is 17.0 Å². The number of rotatable bonds is 4. The first-order valence-electron chi connectivity index (χ1n) is 5.46. The fourth-order valence-electron chi connectivity index (χ4n) is 1.51. The summed E-state index contributed by atoms with van der Waals surface area (Å²) in [5.41, 5.74) is 7.88. The molecule has 2 N–H and O–H groups in total. The predicted molar refractivity (Wildman–Crippen MR) is 68.1 cm³/mol. The van der Waals surface area contributed by atoms with Crippen LogP contribution in [0, 0.1) is 0 Å². The maximum atomic E-state index is 6.08. The standard InChI is InChI=1S/C12H15N3OS/c1-8(2)16-10-5-3-9(4-6-10)12(13)11-7-14-17-15-11/h3-8,12H,13H2,1-2H3. The van der Waals surface area contributed by atoms with Gasteiger partial charge in [-0.1, -0.05) is 12.1 Å². The van der Waals surface area contributed by atoms with Crippen LogP contribution < -0.4 is 10.5 Å². The molecule has 1 heterocycles. The zero-order valence-electron chi connectivity index (χ0n) is 9.83. The first-order valence-corrected chi connectivity index (χ1v) is 6.19. The Morgan fingerprint density at radius 3 is 2.47 bits per heavy atom. The highest BCUT2D eigenvalue weighted by atomic mass is 32.1. The molecule has 2 rings (SSSR count). The van der Waals surface area contributed by atoms with Crippen LogP contribution in [0.5, 0.6) is 5.75 Å². The fraction of sp³-hybridized carbons (Fsp3) is 0.333. The van der Waals surface area contributed by atoms with Crippen molar-refractivity contribution in [3.63, 3.8) is 0 Å².